The van der Waals surface area contributed by atoms with Crippen LogP contribution in [0.2, 0.25) is 0 Å². The van der Waals surface area contributed by atoms with Crippen LogP contribution in [-0.4, -0.2) is 16.7 Å². The highest BCUT2D eigenvalue weighted by atomic mass is 79.9. The van der Waals surface area contributed by atoms with Crippen LogP contribution in [0.3, 0.4) is 0 Å². The van der Waals surface area contributed by atoms with Gasteiger partial charge in [-0.3, -0.25) is 0 Å². The SMILES string of the molecule is COc1c(C)cc(C)cc1-c1c(Br)ncn1C. The Balaban J connectivity index is 2.74. The number of imidazole rings is 1. The van der Waals surface area contributed by atoms with E-state index in [4.69, 9.17) is 4.74 Å². The first-order chi connectivity index (χ1) is 8.04. The van der Waals surface area contributed by atoms with Crippen molar-refractivity contribution < 1.29 is 4.74 Å². The highest BCUT2D eigenvalue weighted by molar-refractivity contribution is 9.10. The van der Waals surface area contributed by atoms with Crippen LogP contribution in [0.25, 0.3) is 11.3 Å². The summed E-state index contributed by atoms with van der Waals surface area (Å²) in [4.78, 5) is 4.25. The van der Waals surface area contributed by atoms with Crippen molar-refractivity contribution in [2.24, 2.45) is 7.05 Å². The topological polar surface area (TPSA) is 27.1 Å². The fraction of sp³-hybridized carbons (Fsp3) is 0.308. The lowest BCUT2D eigenvalue weighted by atomic mass is 10.0. The Kier molecular flexibility index (Phi) is 3.24. The maximum Gasteiger partial charge on any atom is 0.132 e. The normalized spacial score (nSPS) is 10.6. The molecule has 17 heavy (non-hydrogen) atoms. The molecule has 90 valence electrons. The van der Waals surface area contributed by atoms with Gasteiger partial charge >= 0.3 is 0 Å². The first kappa shape index (κ1) is 12.2. The predicted molar refractivity (Wildman–Crippen MR) is 72.4 cm³/mol. The van der Waals surface area contributed by atoms with E-state index < -0.39 is 0 Å². The molecule has 3 nitrogen and oxygen atoms in total. The summed E-state index contributed by atoms with van der Waals surface area (Å²) < 4.78 is 8.33. The number of methoxy groups -OCH3 is 1. The molecule has 0 fully saturated rings. The molecule has 1 heterocycles. The van der Waals surface area contributed by atoms with Crippen molar-refractivity contribution >= 4 is 15.9 Å². The molecule has 1 aromatic heterocycles. The van der Waals surface area contributed by atoms with Crippen LogP contribution in [0.15, 0.2) is 23.1 Å². The smallest absolute Gasteiger partial charge is 0.132 e. The molecule has 1 aromatic carbocycles. The number of aromatic nitrogens is 2. The number of ether oxygens (including phenoxy) is 1. The number of rotatable bonds is 2. The molecule has 0 spiro atoms. The third kappa shape index (κ3) is 2.09. The summed E-state index contributed by atoms with van der Waals surface area (Å²) in [6.45, 7) is 4.14. The van der Waals surface area contributed by atoms with Crippen molar-refractivity contribution in [3.05, 3.63) is 34.2 Å². The van der Waals surface area contributed by atoms with Gasteiger partial charge in [-0.15, -0.1) is 0 Å². The van der Waals surface area contributed by atoms with Crippen molar-refractivity contribution in [2.75, 3.05) is 7.11 Å². The van der Waals surface area contributed by atoms with Gasteiger partial charge in [0.2, 0.25) is 0 Å². The number of halogens is 1. The molecule has 4 heteroatoms. The number of benzene rings is 1. The van der Waals surface area contributed by atoms with E-state index in [9.17, 15) is 0 Å². The molecule has 0 aliphatic rings. The summed E-state index contributed by atoms with van der Waals surface area (Å²) in [6, 6.07) is 4.24. The zero-order chi connectivity index (χ0) is 12.6. The van der Waals surface area contributed by atoms with Crippen LogP contribution in [0.1, 0.15) is 11.1 Å². The molecule has 0 aliphatic carbocycles. The van der Waals surface area contributed by atoms with Crippen molar-refractivity contribution in [3.63, 3.8) is 0 Å². The Labute approximate surface area is 110 Å². The summed E-state index contributed by atoms with van der Waals surface area (Å²) in [7, 11) is 3.68. The van der Waals surface area contributed by atoms with Crippen LogP contribution in [-0.2, 0) is 7.05 Å². The predicted octanol–water partition coefficient (Wildman–Crippen LogP) is 3.48. The van der Waals surface area contributed by atoms with Gasteiger partial charge < -0.3 is 9.30 Å². The fourth-order valence-electron chi connectivity index (χ4n) is 2.10. The largest absolute Gasteiger partial charge is 0.496 e. The molecule has 0 radical (unpaired) electrons. The van der Waals surface area contributed by atoms with Gasteiger partial charge in [0.25, 0.3) is 0 Å². The molecule has 0 saturated carbocycles. The van der Waals surface area contributed by atoms with Crippen LogP contribution in [0.4, 0.5) is 0 Å². The quantitative estimate of drug-likeness (QED) is 0.848. The molecule has 0 saturated heterocycles. The molecule has 0 N–H and O–H groups in total. The molecule has 0 bridgehead atoms. The van der Waals surface area contributed by atoms with Gasteiger partial charge in [0.15, 0.2) is 0 Å². The lowest BCUT2D eigenvalue weighted by Crippen LogP contribution is -1.97. The molecular weight excluding hydrogens is 280 g/mol. The summed E-state index contributed by atoms with van der Waals surface area (Å²) in [5, 5.41) is 0. The minimum atomic E-state index is 0.836. The molecule has 2 aromatic rings. The van der Waals surface area contributed by atoms with Crippen LogP contribution < -0.4 is 4.74 Å². The van der Waals surface area contributed by atoms with Crippen LogP contribution >= 0.6 is 15.9 Å². The van der Waals surface area contributed by atoms with Gasteiger partial charge in [0.05, 0.1) is 19.1 Å². The Morgan fingerprint density at radius 1 is 1.29 bits per heavy atom. The van der Waals surface area contributed by atoms with E-state index >= 15 is 0 Å². The lowest BCUT2D eigenvalue weighted by molar-refractivity contribution is 0.413. The minimum Gasteiger partial charge on any atom is -0.496 e. The molecule has 0 amide bonds. The second-order valence-corrected chi connectivity index (χ2v) is 4.91. The first-order valence-corrected chi connectivity index (χ1v) is 6.16. The van der Waals surface area contributed by atoms with Crippen LogP contribution in [0, 0.1) is 13.8 Å². The average molecular weight is 295 g/mol. The molecule has 0 aliphatic heterocycles. The van der Waals surface area contributed by atoms with E-state index in [0.29, 0.717) is 0 Å². The maximum atomic E-state index is 5.50. The van der Waals surface area contributed by atoms with E-state index in [1.165, 1.54) is 5.56 Å². The number of hydrogen-bond donors (Lipinski definition) is 0. The second kappa shape index (κ2) is 4.53. The van der Waals surface area contributed by atoms with Gasteiger partial charge in [0, 0.05) is 12.6 Å². The summed E-state index contributed by atoms with van der Waals surface area (Å²) >= 11 is 3.48. The Morgan fingerprint density at radius 3 is 2.53 bits per heavy atom. The van der Waals surface area contributed by atoms with Gasteiger partial charge in [-0.05, 0) is 47.0 Å². The molecule has 0 atom stereocenters. The monoisotopic (exact) mass is 294 g/mol. The maximum absolute atomic E-state index is 5.50. The van der Waals surface area contributed by atoms with Gasteiger partial charge in [0.1, 0.15) is 10.4 Å². The number of nitrogens with zero attached hydrogens (tertiary/aromatic N) is 2. The average Bonchev–Trinajstić information content (AvgIpc) is 2.57. The fourth-order valence-corrected chi connectivity index (χ4v) is 2.69. The van der Waals surface area contributed by atoms with Crippen molar-refractivity contribution in [3.8, 4) is 17.0 Å². The molecule has 0 unspecified atom stereocenters. The van der Waals surface area contributed by atoms with E-state index in [1.54, 1.807) is 13.4 Å². The van der Waals surface area contributed by atoms with E-state index in [1.807, 2.05) is 11.6 Å². The summed E-state index contributed by atoms with van der Waals surface area (Å²) in [5.41, 5.74) is 4.45. The van der Waals surface area contributed by atoms with Crippen molar-refractivity contribution in [1.29, 1.82) is 0 Å². The minimum absolute atomic E-state index is 0.836. The van der Waals surface area contributed by atoms with E-state index in [-0.39, 0.29) is 0 Å². The highest BCUT2D eigenvalue weighted by Crippen LogP contribution is 2.37. The van der Waals surface area contributed by atoms with Gasteiger partial charge in [-0.25, -0.2) is 4.98 Å². The van der Waals surface area contributed by atoms with Gasteiger partial charge in [-0.1, -0.05) is 6.07 Å². The Morgan fingerprint density at radius 2 is 2.00 bits per heavy atom. The third-order valence-electron chi connectivity index (χ3n) is 2.77. The first-order valence-electron chi connectivity index (χ1n) is 5.37. The van der Waals surface area contributed by atoms with E-state index in [2.05, 4.69) is 46.9 Å². The standard InChI is InChI=1S/C13H15BrN2O/c1-8-5-9(2)12(17-4)10(6-8)11-13(14)15-7-16(11)3/h5-7H,1-4H3. The van der Waals surface area contributed by atoms with Crippen molar-refractivity contribution in [2.45, 2.75) is 13.8 Å². The zero-order valence-electron chi connectivity index (χ0n) is 10.4. The van der Waals surface area contributed by atoms with Crippen molar-refractivity contribution in [1.82, 2.24) is 9.55 Å². The highest BCUT2D eigenvalue weighted by Gasteiger charge is 2.16. The summed E-state index contributed by atoms with van der Waals surface area (Å²) in [5.74, 6) is 0.903. The zero-order valence-corrected chi connectivity index (χ0v) is 12.0. The van der Waals surface area contributed by atoms with E-state index in [0.717, 1.165) is 27.2 Å². The molecule has 2 rings (SSSR count). The number of aryl methyl sites for hydroxylation is 3. The lowest BCUT2D eigenvalue weighted by Gasteiger charge is -2.13. The number of hydrogen-bond acceptors (Lipinski definition) is 2. The van der Waals surface area contributed by atoms with Gasteiger partial charge in [-0.2, -0.15) is 0 Å². The second-order valence-electron chi connectivity index (χ2n) is 4.16. The summed E-state index contributed by atoms with van der Waals surface area (Å²) in [6.07, 6.45) is 1.79. The van der Waals surface area contributed by atoms with Crippen LogP contribution in [0.5, 0.6) is 5.75 Å². The molecular formula is C13H15BrN2O. The third-order valence-corrected chi connectivity index (χ3v) is 3.35. The Bertz CT molecular complexity index is 541. The Hall–Kier alpha value is -1.29.